The standard InChI is InChI=1S/C18H26BrNO/c19-16-8-6-14(7-9-16)15-12-17(13-15)20-10-11-21-18-4-2-1-3-5-18/h6-9,15,17-18,20H,1-5,10-13H2. The molecular weight excluding hydrogens is 326 g/mol. The van der Waals surface area contributed by atoms with Crippen LogP contribution in [-0.2, 0) is 4.74 Å². The summed E-state index contributed by atoms with van der Waals surface area (Å²) in [7, 11) is 0. The SMILES string of the molecule is Brc1ccc(C2CC(NCCOC3CCCCC3)C2)cc1. The third kappa shape index (κ3) is 4.54. The van der Waals surface area contributed by atoms with E-state index in [9.17, 15) is 0 Å². The molecule has 2 fully saturated rings. The average molecular weight is 352 g/mol. The van der Waals surface area contributed by atoms with Gasteiger partial charge in [0.05, 0.1) is 12.7 Å². The normalized spacial score (nSPS) is 26.5. The predicted octanol–water partition coefficient (Wildman–Crippen LogP) is 4.63. The predicted molar refractivity (Wildman–Crippen MR) is 90.7 cm³/mol. The number of benzene rings is 1. The second-order valence-electron chi connectivity index (χ2n) is 6.50. The van der Waals surface area contributed by atoms with Gasteiger partial charge >= 0.3 is 0 Å². The van der Waals surface area contributed by atoms with E-state index in [-0.39, 0.29) is 0 Å². The Hall–Kier alpha value is -0.380. The average Bonchev–Trinajstić information content (AvgIpc) is 2.48. The van der Waals surface area contributed by atoms with Crippen LogP contribution in [0.1, 0.15) is 56.4 Å². The molecule has 0 atom stereocenters. The fourth-order valence-electron chi connectivity index (χ4n) is 3.51. The molecule has 2 aliphatic carbocycles. The van der Waals surface area contributed by atoms with Crippen LogP contribution in [-0.4, -0.2) is 25.3 Å². The van der Waals surface area contributed by atoms with E-state index in [1.165, 1.54) is 55.0 Å². The van der Waals surface area contributed by atoms with Crippen LogP contribution >= 0.6 is 15.9 Å². The van der Waals surface area contributed by atoms with Gasteiger partial charge in [-0.15, -0.1) is 0 Å². The van der Waals surface area contributed by atoms with E-state index in [0.29, 0.717) is 12.1 Å². The minimum absolute atomic E-state index is 0.539. The lowest BCUT2D eigenvalue weighted by atomic mass is 9.76. The van der Waals surface area contributed by atoms with Gasteiger partial charge in [-0.25, -0.2) is 0 Å². The van der Waals surface area contributed by atoms with Crippen molar-refractivity contribution in [3.63, 3.8) is 0 Å². The van der Waals surface area contributed by atoms with Crippen molar-refractivity contribution in [2.45, 2.75) is 63.0 Å². The highest BCUT2D eigenvalue weighted by atomic mass is 79.9. The van der Waals surface area contributed by atoms with E-state index >= 15 is 0 Å². The molecular formula is C18H26BrNO. The summed E-state index contributed by atoms with van der Waals surface area (Å²) in [6, 6.07) is 9.48. The number of halogens is 1. The van der Waals surface area contributed by atoms with Gasteiger partial charge in [0, 0.05) is 17.1 Å². The first-order valence-electron chi connectivity index (χ1n) is 8.42. The molecule has 3 heteroatoms. The summed E-state index contributed by atoms with van der Waals surface area (Å²) in [6.07, 6.45) is 9.74. The van der Waals surface area contributed by atoms with Crippen LogP contribution in [0.3, 0.4) is 0 Å². The molecule has 1 N–H and O–H groups in total. The van der Waals surface area contributed by atoms with Gasteiger partial charge in [-0.2, -0.15) is 0 Å². The van der Waals surface area contributed by atoms with Crippen LogP contribution in [0.2, 0.25) is 0 Å². The Bertz CT molecular complexity index is 421. The molecule has 3 rings (SSSR count). The number of rotatable bonds is 6. The minimum Gasteiger partial charge on any atom is -0.377 e. The fourth-order valence-corrected chi connectivity index (χ4v) is 3.78. The molecule has 0 radical (unpaired) electrons. The Morgan fingerprint density at radius 2 is 1.76 bits per heavy atom. The molecule has 0 aromatic heterocycles. The van der Waals surface area contributed by atoms with Gasteiger partial charge in [0.25, 0.3) is 0 Å². The third-order valence-corrected chi connectivity index (χ3v) is 5.45. The first kappa shape index (κ1) is 15.5. The van der Waals surface area contributed by atoms with Gasteiger partial charge in [0.1, 0.15) is 0 Å². The van der Waals surface area contributed by atoms with Crippen molar-refractivity contribution in [3.05, 3.63) is 34.3 Å². The minimum atomic E-state index is 0.539. The topological polar surface area (TPSA) is 21.3 Å². The summed E-state index contributed by atoms with van der Waals surface area (Å²) in [5.74, 6) is 0.745. The molecule has 0 bridgehead atoms. The molecule has 0 aliphatic heterocycles. The zero-order chi connectivity index (χ0) is 14.5. The van der Waals surface area contributed by atoms with Crippen LogP contribution in [0.5, 0.6) is 0 Å². The molecule has 21 heavy (non-hydrogen) atoms. The number of ether oxygens (including phenoxy) is 1. The highest BCUT2D eigenvalue weighted by Crippen LogP contribution is 2.37. The van der Waals surface area contributed by atoms with E-state index in [1.807, 2.05) is 0 Å². The number of nitrogens with one attached hydrogen (secondary N) is 1. The van der Waals surface area contributed by atoms with Crippen LogP contribution < -0.4 is 5.32 Å². The largest absolute Gasteiger partial charge is 0.377 e. The van der Waals surface area contributed by atoms with Crippen molar-refractivity contribution in [1.29, 1.82) is 0 Å². The van der Waals surface area contributed by atoms with Crippen LogP contribution in [0.15, 0.2) is 28.7 Å². The molecule has 0 saturated heterocycles. The van der Waals surface area contributed by atoms with E-state index in [4.69, 9.17) is 4.74 Å². The summed E-state index contributed by atoms with van der Waals surface area (Å²) in [6.45, 7) is 1.89. The first-order valence-corrected chi connectivity index (χ1v) is 9.21. The van der Waals surface area contributed by atoms with E-state index in [0.717, 1.165) is 19.1 Å². The molecule has 1 aromatic rings. The van der Waals surface area contributed by atoms with E-state index < -0.39 is 0 Å². The molecule has 2 aliphatic rings. The van der Waals surface area contributed by atoms with Gasteiger partial charge in [0.15, 0.2) is 0 Å². The fraction of sp³-hybridized carbons (Fsp3) is 0.667. The van der Waals surface area contributed by atoms with Crippen LogP contribution in [0.4, 0.5) is 0 Å². The summed E-state index contributed by atoms with van der Waals surface area (Å²) < 4.78 is 7.13. The maximum atomic E-state index is 5.96. The number of hydrogen-bond donors (Lipinski definition) is 1. The third-order valence-electron chi connectivity index (χ3n) is 4.92. The Kier molecular flexibility index (Phi) is 5.73. The van der Waals surface area contributed by atoms with Crippen molar-refractivity contribution in [2.75, 3.05) is 13.2 Å². The van der Waals surface area contributed by atoms with Crippen molar-refractivity contribution in [3.8, 4) is 0 Å². The van der Waals surface area contributed by atoms with Gasteiger partial charge in [-0.1, -0.05) is 47.3 Å². The van der Waals surface area contributed by atoms with E-state index in [2.05, 4.69) is 45.5 Å². The first-order chi connectivity index (χ1) is 10.3. The lowest BCUT2D eigenvalue weighted by molar-refractivity contribution is 0.0280. The Morgan fingerprint density at radius 1 is 1.05 bits per heavy atom. The monoisotopic (exact) mass is 351 g/mol. The number of hydrogen-bond acceptors (Lipinski definition) is 2. The molecule has 2 nitrogen and oxygen atoms in total. The molecule has 116 valence electrons. The maximum absolute atomic E-state index is 5.96. The zero-order valence-electron chi connectivity index (χ0n) is 12.7. The lowest BCUT2D eigenvalue weighted by Gasteiger charge is -2.36. The van der Waals surface area contributed by atoms with Crippen LogP contribution in [0.25, 0.3) is 0 Å². The van der Waals surface area contributed by atoms with Crippen molar-refractivity contribution in [1.82, 2.24) is 5.32 Å². The molecule has 0 heterocycles. The Labute approximate surface area is 136 Å². The van der Waals surface area contributed by atoms with Gasteiger partial charge in [-0.3, -0.25) is 0 Å². The van der Waals surface area contributed by atoms with Crippen molar-refractivity contribution in [2.24, 2.45) is 0 Å². The molecule has 0 amide bonds. The highest BCUT2D eigenvalue weighted by molar-refractivity contribution is 9.10. The van der Waals surface area contributed by atoms with E-state index in [1.54, 1.807) is 0 Å². The summed E-state index contributed by atoms with van der Waals surface area (Å²) in [5, 5.41) is 3.64. The summed E-state index contributed by atoms with van der Waals surface area (Å²) in [5.41, 5.74) is 1.48. The van der Waals surface area contributed by atoms with Crippen LogP contribution in [0, 0.1) is 0 Å². The summed E-state index contributed by atoms with van der Waals surface area (Å²) in [4.78, 5) is 0. The van der Waals surface area contributed by atoms with Crippen molar-refractivity contribution < 1.29 is 4.74 Å². The molecule has 0 unspecified atom stereocenters. The second kappa shape index (κ2) is 7.75. The van der Waals surface area contributed by atoms with Gasteiger partial charge in [0.2, 0.25) is 0 Å². The summed E-state index contributed by atoms with van der Waals surface area (Å²) >= 11 is 3.49. The Balaban J connectivity index is 1.28. The highest BCUT2D eigenvalue weighted by Gasteiger charge is 2.29. The Morgan fingerprint density at radius 3 is 2.48 bits per heavy atom. The molecule has 0 spiro atoms. The lowest BCUT2D eigenvalue weighted by Crippen LogP contribution is -2.41. The zero-order valence-corrected chi connectivity index (χ0v) is 14.3. The van der Waals surface area contributed by atoms with Crippen molar-refractivity contribution >= 4 is 15.9 Å². The maximum Gasteiger partial charge on any atom is 0.0594 e. The molecule has 2 saturated carbocycles. The smallest absolute Gasteiger partial charge is 0.0594 e. The quantitative estimate of drug-likeness (QED) is 0.754. The second-order valence-corrected chi connectivity index (χ2v) is 7.42. The molecule has 1 aromatic carbocycles. The van der Waals surface area contributed by atoms with Gasteiger partial charge in [-0.05, 0) is 49.3 Å². The van der Waals surface area contributed by atoms with Gasteiger partial charge < -0.3 is 10.1 Å².